The maximum Gasteiger partial charge on any atom is 0.335 e. The van der Waals surface area contributed by atoms with Crippen molar-refractivity contribution in [3.8, 4) is 0 Å². The van der Waals surface area contributed by atoms with Crippen LogP contribution >= 0.6 is 0 Å². The smallest absolute Gasteiger partial charge is 0.335 e. The summed E-state index contributed by atoms with van der Waals surface area (Å²) in [6, 6.07) is 14.0. The highest BCUT2D eigenvalue weighted by atomic mass is 16.4. The Bertz CT molecular complexity index is 651. The molecule has 0 bridgehead atoms. The second kappa shape index (κ2) is 4.81. The van der Waals surface area contributed by atoms with Gasteiger partial charge in [-0.3, -0.25) is 4.79 Å². The number of carbonyl (C=O) groups is 2. The predicted octanol–water partition coefficient (Wildman–Crippen LogP) is 2.54. The Balaban J connectivity index is 1.79. The van der Waals surface area contributed by atoms with E-state index < -0.39 is 5.97 Å². The molecule has 1 aliphatic heterocycles. The lowest BCUT2D eigenvalue weighted by Crippen LogP contribution is -2.25. The van der Waals surface area contributed by atoms with Crippen molar-refractivity contribution in [2.75, 3.05) is 0 Å². The minimum Gasteiger partial charge on any atom is -0.478 e. The number of aromatic carboxylic acids is 1. The fourth-order valence-electron chi connectivity index (χ4n) is 2.41. The third-order valence-corrected chi connectivity index (χ3v) is 3.51. The fraction of sp³-hybridized carbons (Fsp3) is 0.125. The summed E-state index contributed by atoms with van der Waals surface area (Å²) in [4.78, 5) is 24.9. The monoisotopic (exact) mass is 267 g/mol. The Hall–Kier alpha value is -2.62. The molecule has 0 saturated carbocycles. The highest BCUT2D eigenvalue weighted by molar-refractivity contribution is 5.96. The lowest BCUT2D eigenvalue weighted by Gasteiger charge is -2.15. The third kappa shape index (κ3) is 2.16. The molecule has 0 aliphatic carbocycles. The molecule has 0 unspecified atom stereocenters. The number of carboxylic acid groups (broad SMARTS) is 1. The molecular formula is C16H13NO3. The summed E-state index contributed by atoms with van der Waals surface area (Å²) in [5.41, 5.74) is 3.04. The van der Waals surface area contributed by atoms with Crippen molar-refractivity contribution in [2.45, 2.75) is 13.1 Å². The van der Waals surface area contributed by atoms with E-state index in [0.29, 0.717) is 18.7 Å². The molecule has 0 saturated heterocycles. The number of benzene rings is 2. The first-order valence-corrected chi connectivity index (χ1v) is 6.34. The second-order valence-corrected chi connectivity index (χ2v) is 4.81. The van der Waals surface area contributed by atoms with Gasteiger partial charge in [-0.05, 0) is 35.4 Å². The van der Waals surface area contributed by atoms with E-state index in [-0.39, 0.29) is 11.5 Å². The van der Waals surface area contributed by atoms with Crippen LogP contribution in [0, 0.1) is 0 Å². The van der Waals surface area contributed by atoms with Crippen LogP contribution in [0.15, 0.2) is 48.5 Å². The van der Waals surface area contributed by atoms with Crippen LogP contribution in [0.3, 0.4) is 0 Å². The Morgan fingerprint density at radius 1 is 0.850 bits per heavy atom. The van der Waals surface area contributed by atoms with Gasteiger partial charge in [0.05, 0.1) is 5.56 Å². The first-order valence-electron chi connectivity index (χ1n) is 6.34. The van der Waals surface area contributed by atoms with Crippen LogP contribution in [0.5, 0.6) is 0 Å². The standard InChI is InChI=1S/C16H13NO3/c18-15(11-5-7-12(8-6-11)16(19)20)17-9-13-3-1-2-4-14(13)10-17/h1-8H,9-10H2,(H,19,20). The Kier molecular flexibility index (Phi) is 2.99. The van der Waals surface area contributed by atoms with Crippen molar-refractivity contribution in [3.05, 3.63) is 70.8 Å². The van der Waals surface area contributed by atoms with Gasteiger partial charge >= 0.3 is 5.97 Å². The molecule has 2 aromatic rings. The summed E-state index contributed by atoms with van der Waals surface area (Å²) in [7, 11) is 0. The molecule has 3 rings (SSSR count). The number of nitrogens with zero attached hydrogens (tertiary/aromatic N) is 1. The van der Waals surface area contributed by atoms with Gasteiger partial charge < -0.3 is 10.0 Å². The van der Waals surface area contributed by atoms with E-state index in [0.717, 1.165) is 0 Å². The minimum absolute atomic E-state index is 0.0712. The second-order valence-electron chi connectivity index (χ2n) is 4.81. The zero-order valence-electron chi connectivity index (χ0n) is 10.7. The zero-order chi connectivity index (χ0) is 14.1. The van der Waals surface area contributed by atoms with Gasteiger partial charge in [0.15, 0.2) is 0 Å². The lowest BCUT2D eigenvalue weighted by molar-refractivity contribution is 0.0694. The number of carbonyl (C=O) groups excluding carboxylic acids is 1. The molecule has 0 radical (unpaired) electrons. The number of rotatable bonds is 2. The van der Waals surface area contributed by atoms with Crippen molar-refractivity contribution >= 4 is 11.9 Å². The molecule has 20 heavy (non-hydrogen) atoms. The van der Waals surface area contributed by atoms with Crippen molar-refractivity contribution in [1.82, 2.24) is 4.90 Å². The van der Waals surface area contributed by atoms with Gasteiger partial charge in [0.1, 0.15) is 0 Å². The van der Waals surface area contributed by atoms with E-state index in [4.69, 9.17) is 5.11 Å². The lowest BCUT2D eigenvalue weighted by atomic mass is 10.1. The highest BCUT2D eigenvalue weighted by Crippen LogP contribution is 2.24. The number of fused-ring (bicyclic) bond motifs is 1. The summed E-state index contributed by atoms with van der Waals surface area (Å²) in [5.74, 6) is -1.06. The highest BCUT2D eigenvalue weighted by Gasteiger charge is 2.23. The van der Waals surface area contributed by atoms with Gasteiger partial charge in [-0.2, -0.15) is 0 Å². The molecule has 0 spiro atoms. The van der Waals surface area contributed by atoms with Crippen LogP contribution in [0.25, 0.3) is 0 Å². The number of hydrogen-bond donors (Lipinski definition) is 1. The van der Waals surface area contributed by atoms with Gasteiger partial charge in [-0.1, -0.05) is 24.3 Å². The SMILES string of the molecule is O=C(O)c1ccc(C(=O)N2Cc3ccccc3C2)cc1. The van der Waals surface area contributed by atoms with Crippen molar-refractivity contribution in [1.29, 1.82) is 0 Å². The van der Waals surface area contributed by atoms with Crippen LogP contribution in [-0.4, -0.2) is 21.9 Å². The van der Waals surface area contributed by atoms with E-state index in [9.17, 15) is 9.59 Å². The summed E-state index contributed by atoms with van der Waals surface area (Å²) in [5, 5.41) is 8.85. The molecular weight excluding hydrogens is 254 g/mol. The molecule has 1 N–H and O–H groups in total. The van der Waals surface area contributed by atoms with Crippen LogP contribution in [0.4, 0.5) is 0 Å². The van der Waals surface area contributed by atoms with Crippen LogP contribution in [0.2, 0.25) is 0 Å². The molecule has 4 heteroatoms. The molecule has 1 amide bonds. The summed E-state index contributed by atoms with van der Waals surface area (Å²) in [6.45, 7) is 1.21. The molecule has 0 fully saturated rings. The Morgan fingerprint density at radius 3 is 1.85 bits per heavy atom. The average molecular weight is 267 g/mol. The largest absolute Gasteiger partial charge is 0.478 e. The quantitative estimate of drug-likeness (QED) is 0.909. The van der Waals surface area contributed by atoms with Crippen molar-refractivity contribution in [3.63, 3.8) is 0 Å². The fourth-order valence-corrected chi connectivity index (χ4v) is 2.41. The van der Waals surface area contributed by atoms with Crippen molar-refractivity contribution < 1.29 is 14.7 Å². The average Bonchev–Trinajstić information content (AvgIpc) is 2.90. The molecule has 0 aromatic heterocycles. The van der Waals surface area contributed by atoms with Crippen LogP contribution in [-0.2, 0) is 13.1 Å². The number of hydrogen-bond acceptors (Lipinski definition) is 2. The van der Waals surface area contributed by atoms with E-state index >= 15 is 0 Å². The van der Waals surface area contributed by atoms with Gasteiger partial charge in [-0.15, -0.1) is 0 Å². The maximum absolute atomic E-state index is 12.4. The first kappa shape index (κ1) is 12.4. The first-order chi connectivity index (χ1) is 9.65. The van der Waals surface area contributed by atoms with Crippen LogP contribution in [0.1, 0.15) is 31.8 Å². The molecule has 100 valence electrons. The Labute approximate surface area is 116 Å². The van der Waals surface area contributed by atoms with Crippen LogP contribution < -0.4 is 0 Å². The number of amides is 1. The van der Waals surface area contributed by atoms with E-state index in [1.165, 1.54) is 23.3 Å². The molecule has 1 heterocycles. The normalized spacial score (nSPS) is 13.1. The summed E-state index contributed by atoms with van der Waals surface area (Å²) >= 11 is 0. The van der Waals surface area contributed by atoms with E-state index in [1.54, 1.807) is 17.0 Å². The van der Waals surface area contributed by atoms with Crippen molar-refractivity contribution in [2.24, 2.45) is 0 Å². The topological polar surface area (TPSA) is 57.6 Å². The number of carboxylic acids is 1. The maximum atomic E-state index is 12.4. The molecule has 4 nitrogen and oxygen atoms in total. The summed E-state index contributed by atoms with van der Waals surface area (Å²) in [6.07, 6.45) is 0. The van der Waals surface area contributed by atoms with E-state index in [2.05, 4.69) is 0 Å². The predicted molar refractivity (Wildman–Crippen MR) is 73.4 cm³/mol. The van der Waals surface area contributed by atoms with Gasteiger partial charge in [0, 0.05) is 18.7 Å². The Morgan fingerprint density at radius 2 is 1.35 bits per heavy atom. The molecule has 2 aromatic carbocycles. The van der Waals surface area contributed by atoms with E-state index in [1.807, 2.05) is 24.3 Å². The van der Waals surface area contributed by atoms with Gasteiger partial charge in [-0.25, -0.2) is 4.79 Å². The zero-order valence-corrected chi connectivity index (χ0v) is 10.7. The minimum atomic E-state index is -0.988. The van der Waals surface area contributed by atoms with Gasteiger partial charge in [0.2, 0.25) is 0 Å². The third-order valence-electron chi connectivity index (χ3n) is 3.51. The van der Waals surface area contributed by atoms with Gasteiger partial charge in [0.25, 0.3) is 5.91 Å². The molecule has 0 atom stereocenters. The molecule has 1 aliphatic rings. The summed E-state index contributed by atoms with van der Waals surface area (Å²) < 4.78 is 0.